The van der Waals surface area contributed by atoms with Crippen molar-refractivity contribution < 1.29 is 9.47 Å². The fraction of sp³-hybridized carbons (Fsp3) is 0.762. The van der Waals surface area contributed by atoms with E-state index in [9.17, 15) is 0 Å². The summed E-state index contributed by atoms with van der Waals surface area (Å²) in [5.41, 5.74) is 1.26. The lowest BCUT2D eigenvalue weighted by Gasteiger charge is -2.42. The number of hydrogen-bond donors (Lipinski definition) is 1. The number of nitrogens with one attached hydrogen (secondary N) is 1. The van der Waals surface area contributed by atoms with Crippen molar-refractivity contribution >= 4 is 0 Å². The fourth-order valence-corrected chi connectivity index (χ4v) is 4.83. The third-order valence-electron chi connectivity index (χ3n) is 6.38. The van der Waals surface area contributed by atoms with Gasteiger partial charge in [-0.1, -0.05) is 6.07 Å². The van der Waals surface area contributed by atoms with Gasteiger partial charge in [-0.2, -0.15) is 0 Å². The molecule has 3 unspecified atom stereocenters. The normalized spacial score (nSPS) is 29.6. The van der Waals surface area contributed by atoms with Gasteiger partial charge in [0.1, 0.15) is 0 Å². The Labute approximate surface area is 163 Å². The van der Waals surface area contributed by atoms with Crippen molar-refractivity contribution in [2.45, 2.75) is 44.3 Å². The number of ether oxygens (including phenoxy) is 2. The average molecular weight is 375 g/mol. The number of nitrogens with zero attached hydrogens (tertiary/aromatic N) is 3. The summed E-state index contributed by atoms with van der Waals surface area (Å²) in [7, 11) is 1.79. The first-order valence-corrected chi connectivity index (χ1v) is 10.6. The standard InChI is InChI=1S/C21H34N4O2/c1-26-16-20-3-2-9-24(20)13-17-5-7-21(23-11-17)27-15-18-4-6-19-12-22-8-10-25(19)14-18/h5,7,11,18-20,22H,2-4,6,8-10,12-16H2,1H3. The van der Waals surface area contributed by atoms with Crippen LogP contribution in [0.4, 0.5) is 0 Å². The Kier molecular flexibility index (Phi) is 6.60. The third-order valence-corrected chi connectivity index (χ3v) is 6.38. The van der Waals surface area contributed by atoms with Crippen LogP contribution in [0.2, 0.25) is 0 Å². The maximum absolute atomic E-state index is 6.02. The molecule has 0 amide bonds. The van der Waals surface area contributed by atoms with Crippen molar-refractivity contribution in [1.82, 2.24) is 20.1 Å². The first-order chi connectivity index (χ1) is 13.3. The SMILES string of the molecule is COCC1CCCN1Cc1ccc(OCC2CCC3CNCCN3C2)nc1. The number of piperazine rings is 1. The minimum absolute atomic E-state index is 0.547. The number of piperidine rings is 1. The van der Waals surface area contributed by atoms with Gasteiger partial charge in [0.05, 0.1) is 13.2 Å². The summed E-state index contributed by atoms with van der Waals surface area (Å²) in [4.78, 5) is 9.70. The number of methoxy groups -OCH3 is 1. The molecule has 4 heterocycles. The molecule has 6 nitrogen and oxygen atoms in total. The molecular formula is C21H34N4O2. The Morgan fingerprint density at radius 2 is 2.15 bits per heavy atom. The van der Waals surface area contributed by atoms with Crippen molar-refractivity contribution in [3.05, 3.63) is 23.9 Å². The van der Waals surface area contributed by atoms with Crippen molar-refractivity contribution in [3.8, 4) is 5.88 Å². The van der Waals surface area contributed by atoms with Crippen molar-refractivity contribution in [2.24, 2.45) is 5.92 Å². The van der Waals surface area contributed by atoms with Crippen LogP contribution in [0.3, 0.4) is 0 Å². The van der Waals surface area contributed by atoms with E-state index in [-0.39, 0.29) is 0 Å². The third kappa shape index (κ3) is 4.99. The molecule has 0 aliphatic carbocycles. The number of aromatic nitrogens is 1. The van der Waals surface area contributed by atoms with Crippen LogP contribution in [-0.2, 0) is 11.3 Å². The molecule has 4 rings (SSSR count). The van der Waals surface area contributed by atoms with Gasteiger partial charge in [-0.25, -0.2) is 4.98 Å². The van der Waals surface area contributed by atoms with Crippen molar-refractivity contribution in [3.63, 3.8) is 0 Å². The van der Waals surface area contributed by atoms with Crippen LogP contribution in [-0.4, -0.2) is 79.9 Å². The molecule has 3 aliphatic rings. The van der Waals surface area contributed by atoms with Crippen LogP contribution < -0.4 is 10.1 Å². The first kappa shape index (κ1) is 19.1. The van der Waals surface area contributed by atoms with Gasteiger partial charge in [-0.05, 0) is 37.8 Å². The molecule has 0 spiro atoms. The minimum atomic E-state index is 0.547. The lowest BCUT2D eigenvalue weighted by molar-refractivity contribution is 0.0640. The molecule has 6 heteroatoms. The lowest BCUT2D eigenvalue weighted by atomic mass is 9.92. The van der Waals surface area contributed by atoms with Gasteiger partial charge in [0.25, 0.3) is 0 Å². The van der Waals surface area contributed by atoms with Gasteiger partial charge < -0.3 is 14.8 Å². The fourth-order valence-electron chi connectivity index (χ4n) is 4.83. The Hall–Kier alpha value is -1.21. The lowest BCUT2D eigenvalue weighted by Crippen LogP contribution is -2.55. The van der Waals surface area contributed by atoms with Gasteiger partial charge in [0.15, 0.2) is 0 Å². The van der Waals surface area contributed by atoms with E-state index in [4.69, 9.17) is 9.47 Å². The monoisotopic (exact) mass is 374 g/mol. The van der Waals surface area contributed by atoms with Gasteiger partial charge in [-0.15, -0.1) is 0 Å². The Balaban J connectivity index is 1.23. The quantitative estimate of drug-likeness (QED) is 0.785. The molecular weight excluding hydrogens is 340 g/mol. The van der Waals surface area contributed by atoms with E-state index >= 15 is 0 Å². The summed E-state index contributed by atoms with van der Waals surface area (Å²) in [5, 5.41) is 3.50. The maximum atomic E-state index is 6.02. The summed E-state index contributed by atoms with van der Waals surface area (Å²) >= 11 is 0. The highest BCUT2D eigenvalue weighted by Crippen LogP contribution is 2.24. The zero-order valence-electron chi connectivity index (χ0n) is 16.6. The summed E-state index contributed by atoms with van der Waals surface area (Å²) in [6, 6.07) is 5.48. The Morgan fingerprint density at radius 3 is 3.00 bits per heavy atom. The molecule has 3 fully saturated rings. The number of hydrogen-bond acceptors (Lipinski definition) is 6. The predicted octanol–water partition coefficient (Wildman–Crippen LogP) is 1.76. The second-order valence-electron chi connectivity index (χ2n) is 8.33. The molecule has 0 saturated carbocycles. The highest BCUT2D eigenvalue weighted by Gasteiger charge is 2.30. The second kappa shape index (κ2) is 9.32. The van der Waals surface area contributed by atoms with Crippen molar-refractivity contribution in [1.29, 1.82) is 0 Å². The largest absolute Gasteiger partial charge is 0.477 e. The van der Waals surface area contributed by atoms with E-state index < -0.39 is 0 Å². The minimum Gasteiger partial charge on any atom is -0.477 e. The van der Waals surface area contributed by atoms with Gasteiger partial charge in [0.2, 0.25) is 5.88 Å². The molecule has 0 bridgehead atoms. The molecule has 1 N–H and O–H groups in total. The van der Waals surface area contributed by atoms with Crippen LogP contribution in [0, 0.1) is 5.92 Å². The molecule has 3 saturated heterocycles. The summed E-state index contributed by atoms with van der Waals surface area (Å²) in [5.74, 6) is 1.39. The predicted molar refractivity (Wildman–Crippen MR) is 106 cm³/mol. The molecule has 1 aromatic rings. The number of pyridine rings is 1. The molecule has 0 aromatic carbocycles. The molecule has 3 atom stereocenters. The van der Waals surface area contributed by atoms with E-state index in [0.29, 0.717) is 12.0 Å². The van der Waals surface area contributed by atoms with Crippen molar-refractivity contribution in [2.75, 3.05) is 53.0 Å². The highest BCUT2D eigenvalue weighted by atomic mass is 16.5. The Bertz CT molecular complexity index is 582. The smallest absolute Gasteiger partial charge is 0.213 e. The van der Waals surface area contributed by atoms with Gasteiger partial charge >= 0.3 is 0 Å². The van der Waals surface area contributed by atoms with Crippen LogP contribution in [0.5, 0.6) is 5.88 Å². The maximum Gasteiger partial charge on any atom is 0.213 e. The number of rotatable bonds is 7. The zero-order chi connectivity index (χ0) is 18.5. The summed E-state index contributed by atoms with van der Waals surface area (Å²) < 4.78 is 11.4. The van der Waals surface area contributed by atoms with E-state index in [2.05, 4.69) is 26.2 Å². The molecule has 1 aromatic heterocycles. The summed E-state index contributed by atoms with van der Waals surface area (Å²) in [6.07, 6.45) is 7.02. The Morgan fingerprint density at radius 1 is 1.19 bits per heavy atom. The zero-order valence-corrected chi connectivity index (χ0v) is 16.6. The van der Waals surface area contributed by atoms with Crippen LogP contribution >= 0.6 is 0 Å². The van der Waals surface area contributed by atoms with Crippen LogP contribution in [0.15, 0.2) is 18.3 Å². The second-order valence-corrected chi connectivity index (χ2v) is 8.33. The van der Waals surface area contributed by atoms with Gasteiger partial charge in [-0.3, -0.25) is 9.80 Å². The van der Waals surface area contributed by atoms with E-state index in [1.165, 1.54) is 44.3 Å². The first-order valence-electron chi connectivity index (χ1n) is 10.6. The molecule has 27 heavy (non-hydrogen) atoms. The van der Waals surface area contributed by atoms with Crippen LogP contribution in [0.1, 0.15) is 31.2 Å². The summed E-state index contributed by atoms with van der Waals surface area (Å²) in [6.45, 7) is 8.33. The van der Waals surface area contributed by atoms with E-state index in [1.807, 2.05) is 12.3 Å². The number of fused-ring (bicyclic) bond motifs is 1. The molecule has 0 radical (unpaired) electrons. The molecule has 150 valence electrons. The van der Waals surface area contributed by atoms with Crippen LogP contribution in [0.25, 0.3) is 0 Å². The highest BCUT2D eigenvalue weighted by molar-refractivity contribution is 5.18. The van der Waals surface area contributed by atoms with E-state index in [0.717, 1.165) is 51.3 Å². The van der Waals surface area contributed by atoms with Gasteiger partial charge in [0, 0.05) is 70.1 Å². The average Bonchev–Trinajstić information content (AvgIpc) is 3.14. The topological polar surface area (TPSA) is 49.9 Å². The molecule has 3 aliphatic heterocycles. The number of likely N-dealkylation sites (tertiary alicyclic amines) is 1. The van der Waals surface area contributed by atoms with E-state index in [1.54, 1.807) is 7.11 Å².